The Kier molecular flexibility index (Phi) is 6.55. The number of rotatable bonds is 7. The van der Waals surface area contributed by atoms with Crippen LogP contribution >= 0.6 is 0 Å². The van der Waals surface area contributed by atoms with E-state index in [9.17, 15) is 9.59 Å². The summed E-state index contributed by atoms with van der Waals surface area (Å²) in [7, 11) is 0. The van der Waals surface area contributed by atoms with Crippen molar-refractivity contribution >= 4 is 17.6 Å². The van der Waals surface area contributed by atoms with Gasteiger partial charge in [0.2, 0.25) is 0 Å². The number of carbonyl (C=O) groups excluding carboxylic acids is 2. The molecule has 0 saturated heterocycles. The van der Waals surface area contributed by atoms with Crippen LogP contribution < -0.4 is 4.74 Å². The molecule has 1 aliphatic rings. The minimum absolute atomic E-state index is 0.208. The summed E-state index contributed by atoms with van der Waals surface area (Å²) >= 11 is 0. The van der Waals surface area contributed by atoms with E-state index in [0.717, 1.165) is 16.8 Å². The highest BCUT2D eigenvalue weighted by Gasteiger charge is 2.35. The van der Waals surface area contributed by atoms with Crippen LogP contribution in [-0.2, 0) is 9.53 Å². The third-order valence-electron chi connectivity index (χ3n) is 5.06. The third kappa shape index (κ3) is 4.67. The van der Waals surface area contributed by atoms with E-state index in [1.807, 2.05) is 48.5 Å². The van der Waals surface area contributed by atoms with Crippen molar-refractivity contribution in [1.29, 1.82) is 0 Å². The van der Waals surface area contributed by atoms with Crippen molar-refractivity contribution in [1.82, 2.24) is 9.99 Å². The maximum absolute atomic E-state index is 13.4. The molecule has 32 heavy (non-hydrogen) atoms. The lowest BCUT2D eigenvalue weighted by Crippen LogP contribution is -2.27. The largest absolute Gasteiger partial charge is 0.482 e. The smallest absolute Gasteiger partial charge is 0.344 e. The molecule has 1 amide bonds. The van der Waals surface area contributed by atoms with Crippen LogP contribution in [-0.4, -0.2) is 40.8 Å². The SMILES string of the molecule is CCOC(=O)COc1ccccc1C1CC(c2cccnc2)=NN1C(=O)c1ccccc1. The lowest BCUT2D eigenvalue weighted by molar-refractivity contribution is -0.145. The number of ether oxygens (including phenoxy) is 2. The summed E-state index contributed by atoms with van der Waals surface area (Å²) in [6.45, 7) is 1.82. The van der Waals surface area contributed by atoms with Crippen molar-refractivity contribution in [2.24, 2.45) is 5.10 Å². The second-order valence-corrected chi connectivity index (χ2v) is 7.16. The molecule has 0 N–H and O–H groups in total. The minimum atomic E-state index is -0.446. The summed E-state index contributed by atoms with van der Waals surface area (Å²) in [6.07, 6.45) is 3.92. The van der Waals surface area contributed by atoms with Gasteiger partial charge in [-0.25, -0.2) is 9.80 Å². The molecule has 7 heteroatoms. The first-order valence-corrected chi connectivity index (χ1v) is 10.4. The molecule has 1 aliphatic heterocycles. The predicted octanol–water partition coefficient (Wildman–Crippen LogP) is 4.02. The van der Waals surface area contributed by atoms with Crippen LogP contribution in [0.5, 0.6) is 5.75 Å². The highest BCUT2D eigenvalue weighted by molar-refractivity contribution is 6.04. The van der Waals surface area contributed by atoms with Gasteiger partial charge in [0, 0.05) is 35.5 Å². The van der Waals surface area contributed by atoms with Crippen LogP contribution in [0.2, 0.25) is 0 Å². The summed E-state index contributed by atoms with van der Waals surface area (Å²) in [5.74, 6) is -0.146. The zero-order valence-electron chi connectivity index (χ0n) is 17.7. The number of hydrazone groups is 1. The van der Waals surface area contributed by atoms with E-state index in [1.54, 1.807) is 37.5 Å². The molecule has 162 valence electrons. The van der Waals surface area contributed by atoms with Crippen molar-refractivity contribution in [3.05, 3.63) is 95.8 Å². The van der Waals surface area contributed by atoms with Gasteiger partial charge in [0.05, 0.1) is 18.4 Å². The van der Waals surface area contributed by atoms with Gasteiger partial charge in [-0.05, 0) is 31.2 Å². The van der Waals surface area contributed by atoms with Gasteiger partial charge in [-0.15, -0.1) is 0 Å². The Hall–Kier alpha value is -4.00. The maximum Gasteiger partial charge on any atom is 0.344 e. The number of carbonyl (C=O) groups is 2. The molecule has 1 aromatic heterocycles. The summed E-state index contributed by atoms with van der Waals surface area (Å²) in [5, 5.41) is 6.16. The second kappa shape index (κ2) is 9.87. The molecule has 0 saturated carbocycles. The number of amides is 1. The number of hydrogen-bond acceptors (Lipinski definition) is 6. The number of aromatic nitrogens is 1. The van der Waals surface area contributed by atoms with E-state index in [1.165, 1.54) is 5.01 Å². The molecule has 0 fully saturated rings. The van der Waals surface area contributed by atoms with Gasteiger partial charge >= 0.3 is 5.97 Å². The number of hydrogen-bond donors (Lipinski definition) is 0. The molecule has 0 spiro atoms. The standard InChI is InChI=1S/C25H23N3O4/c1-2-31-24(29)17-32-23-13-7-6-12-20(23)22-15-21(19-11-8-14-26-16-19)27-28(22)25(30)18-9-4-3-5-10-18/h3-14,16,22H,2,15,17H2,1H3. The Balaban J connectivity index is 1.68. The summed E-state index contributed by atoms with van der Waals surface area (Å²) in [5.41, 5.74) is 2.92. The van der Waals surface area contributed by atoms with Gasteiger partial charge < -0.3 is 9.47 Å². The lowest BCUT2D eigenvalue weighted by atomic mass is 9.98. The van der Waals surface area contributed by atoms with Gasteiger partial charge in [-0.2, -0.15) is 5.10 Å². The fraction of sp³-hybridized carbons (Fsp3) is 0.200. The molecule has 7 nitrogen and oxygen atoms in total. The molecule has 0 aliphatic carbocycles. The van der Waals surface area contributed by atoms with Crippen LogP contribution in [0.3, 0.4) is 0 Å². The normalized spacial score (nSPS) is 15.2. The van der Waals surface area contributed by atoms with Crippen LogP contribution in [0.1, 0.15) is 40.9 Å². The molecule has 2 aromatic carbocycles. The molecular formula is C25H23N3O4. The number of benzene rings is 2. The summed E-state index contributed by atoms with van der Waals surface area (Å²) < 4.78 is 10.7. The molecule has 0 radical (unpaired) electrons. The average molecular weight is 429 g/mol. The molecule has 4 rings (SSSR count). The topological polar surface area (TPSA) is 81.1 Å². The Morgan fingerprint density at radius 2 is 1.81 bits per heavy atom. The first kappa shape index (κ1) is 21.2. The van der Waals surface area contributed by atoms with Crippen LogP contribution in [0, 0.1) is 0 Å². The quantitative estimate of drug-likeness (QED) is 0.530. The molecular weight excluding hydrogens is 406 g/mol. The first-order valence-electron chi connectivity index (χ1n) is 10.4. The summed E-state index contributed by atoms with van der Waals surface area (Å²) in [6, 6.07) is 19.8. The Bertz CT molecular complexity index is 1120. The van der Waals surface area contributed by atoms with Crippen molar-refractivity contribution in [3.8, 4) is 5.75 Å². The zero-order chi connectivity index (χ0) is 22.3. The van der Waals surface area contributed by atoms with Crippen LogP contribution in [0.4, 0.5) is 0 Å². The first-order chi connectivity index (χ1) is 15.7. The van der Waals surface area contributed by atoms with E-state index < -0.39 is 12.0 Å². The average Bonchev–Trinajstić information content (AvgIpc) is 3.29. The van der Waals surface area contributed by atoms with E-state index in [2.05, 4.69) is 10.1 Å². The number of esters is 1. The van der Waals surface area contributed by atoms with E-state index in [-0.39, 0.29) is 19.1 Å². The van der Waals surface area contributed by atoms with Crippen molar-refractivity contribution < 1.29 is 19.1 Å². The van der Waals surface area contributed by atoms with E-state index >= 15 is 0 Å². The summed E-state index contributed by atoms with van der Waals surface area (Å²) in [4.78, 5) is 29.3. The molecule has 0 bridgehead atoms. The van der Waals surface area contributed by atoms with Gasteiger partial charge in [0.25, 0.3) is 5.91 Å². The Labute approximate surface area is 186 Å². The highest BCUT2D eigenvalue weighted by Crippen LogP contribution is 2.38. The van der Waals surface area contributed by atoms with E-state index in [0.29, 0.717) is 17.7 Å². The molecule has 1 atom stereocenters. The lowest BCUT2D eigenvalue weighted by Gasteiger charge is -2.24. The van der Waals surface area contributed by atoms with Gasteiger partial charge in [-0.3, -0.25) is 9.78 Å². The van der Waals surface area contributed by atoms with E-state index in [4.69, 9.17) is 9.47 Å². The number of pyridine rings is 1. The fourth-order valence-electron chi connectivity index (χ4n) is 3.59. The fourth-order valence-corrected chi connectivity index (χ4v) is 3.59. The number of para-hydroxylation sites is 1. The molecule has 1 unspecified atom stereocenters. The van der Waals surface area contributed by atoms with Gasteiger partial charge in [0.15, 0.2) is 6.61 Å². The van der Waals surface area contributed by atoms with Crippen molar-refractivity contribution in [2.75, 3.05) is 13.2 Å². The monoisotopic (exact) mass is 429 g/mol. The maximum atomic E-state index is 13.4. The third-order valence-corrected chi connectivity index (χ3v) is 5.06. The van der Waals surface area contributed by atoms with Crippen molar-refractivity contribution in [2.45, 2.75) is 19.4 Å². The Morgan fingerprint density at radius 3 is 2.56 bits per heavy atom. The van der Waals surface area contributed by atoms with Crippen LogP contribution in [0.15, 0.2) is 84.2 Å². The second-order valence-electron chi connectivity index (χ2n) is 7.16. The minimum Gasteiger partial charge on any atom is -0.482 e. The number of nitrogens with zero attached hydrogens (tertiary/aromatic N) is 3. The predicted molar refractivity (Wildman–Crippen MR) is 119 cm³/mol. The zero-order valence-corrected chi connectivity index (χ0v) is 17.7. The highest BCUT2D eigenvalue weighted by atomic mass is 16.6. The molecule has 2 heterocycles. The Morgan fingerprint density at radius 1 is 1.03 bits per heavy atom. The van der Waals surface area contributed by atoms with Crippen LogP contribution in [0.25, 0.3) is 0 Å². The van der Waals surface area contributed by atoms with Gasteiger partial charge in [0.1, 0.15) is 5.75 Å². The molecule has 3 aromatic rings. The van der Waals surface area contributed by atoms with Crippen molar-refractivity contribution in [3.63, 3.8) is 0 Å². The van der Waals surface area contributed by atoms with Gasteiger partial charge in [-0.1, -0.05) is 42.5 Å².